The van der Waals surface area contributed by atoms with E-state index in [9.17, 15) is 4.79 Å². The molecule has 1 aliphatic rings. The van der Waals surface area contributed by atoms with E-state index < -0.39 is 0 Å². The predicted molar refractivity (Wildman–Crippen MR) is 93.0 cm³/mol. The molecule has 0 radical (unpaired) electrons. The van der Waals surface area contributed by atoms with Gasteiger partial charge in [0, 0.05) is 39.1 Å². The number of hydrogen-bond acceptors (Lipinski definition) is 5. The van der Waals surface area contributed by atoms with E-state index in [-0.39, 0.29) is 5.91 Å². The van der Waals surface area contributed by atoms with Gasteiger partial charge in [-0.1, -0.05) is 0 Å². The molecule has 0 atom stereocenters. The van der Waals surface area contributed by atoms with Crippen molar-refractivity contribution in [2.24, 2.45) is 0 Å². The molecule has 2 aromatic rings. The Balaban J connectivity index is 1.57. The third kappa shape index (κ3) is 4.07. The molecular formula is C18H23N5O. The van der Waals surface area contributed by atoms with Crippen LogP contribution in [0.4, 0.5) is 5.82 Å². The average Bonchev–Trinajstić information content (AvgIpc) is 2.67. The fourth-order valence-corrected chi connectivity index (χ4v) is 2.87. The van der Waals surface area contributed by atoms with E-state index in [0.29, 0.717) is 12.2 Å². The molecule has 0 unspecified atom stereocenters. The van der Waals surface area contributed by atoms with Crippen molar-refractivity contribution in [3.63, 3.8) is 0 Å². The summed E-state index contributed by atoms with van der Waals surface area (Å²) in [5.74, 6) is 0.771. The molecule has 0 bridgehead atoms. The molecule has 1 fully saturated rings. The molecule has 2 aromatic heterocycles. The number of piperidine rings is 1. The second-order valence-electron chi connectivity index (χ2n) is 6.16. The van der Waals surface area contributed by atoms with Gasteiger partial charge in [-0.15, -0.1) is 10.2 Å². The molecular weight excluding hydrogens is 302 g/mol. The third-order valence-electron chi connectivity index (χ3n) is 4.38. The maximum absolute atomic E-state index is 12.5. The summed E-state index contributed by atoms with van der Waals surface area (Å²) in [4.78, 5) is 20.4. The Morgan fingerprint density at radius 2 is 1.83 bits per heavy atom. The van der Waals surface area contributed by atoms with Crippen molar-refractivity contribution in [2.45, 2.75) is 25.7 Å². The summed E-state index contributed by atoms with van der Waals surface area (Å²) in [6.45, 7) is 2.68. The number of carbonyl (C=O) groups excluding carboxylic acids is 1. The highest BCUT2D eigenvalue weighted by Gasteiger charge is 2.16. The minimum Gasteiger partial charge on any atom is -0.355 e. The van der Waals surface area contributed by atoms with Gasteiger partial charge in [0.15, 0.2) is 11.5 Å². The largest absolute Gasteiger partial charge is 0.355 e. The molecule has 3 heterocycles. The first-order chi connectivity index (χ1) is 11.7. The Morgan fingerprint density at radius 3 is 2.50 bits per heavy atom. The van der Waals surface area contributed by atoms with Crippen molar-refractivity contribution >= 4 is 11.7 Å². The molecule has 24 heavy (non-hydrogen) atoms. The zero-order valence-electron chi connectivity index (χ0n) is 14.1. The van der Waals surface area contributed by atoms with Gasteiger partial charge in [0.05, 0.1) is 0 Å². The van der Waals surface area contributed by atoms with Gasteiger partial charge >= 0.3 is 0 Å². The molecule has 3 rings (SSSR count). The van der Waals surface area contributed by atoms with Crippen LogP contribution >= 0.6 is 0 Å². The van der Waals surface area contributed by atoms with E-state index >= 15 is 0 Å². The average molecular weight is 325 g/mol. The first-order valence-corrected chi connectivity index (χ1v) is 8.47. The van der Waals surface area contributed by atoms with Gasteiger partial charge in [-0.2, -0.15) is 0 Å². The van der Waals surface area contributed by atoms with Crippen molar-refractivity contribution in [3.8, 4) is 0 Å². The van der Waals surface area contributed by atoms with Crippen LogP contribution in [0.15, 0.2) is 36.7 Å². The highest BCUT2D eigenvalue weighted by atomic mass is 16.2. The minimum atomic E-state index is -0.0956. The lowest BCUT2D eigenvalue weighted by Gasteiger charge is -2.27. The van der Waals surface area contributed by atoms with Crippen molar-refractivity contribution in [1.82, 2.24) is 20.1 Å². The molecule has 0 spiro atoms. The van der Waals surface area contributed by atoms with Crippen LogP contribution in [-0.4, -0.2) is 52.7 Å². The molecule has 6 nitrogen and oxygen atoms in total. The molecule has 1 amide bonds. The van der Waals surface area contributed by atoms with Gasteiger partial charge in [-0.3, -0.25) is 9.78 Å². The zero-order valence-corrected chi connectivity index (χ0v) is 14.1. The topological polar surface area (TPSA) is 62.2 Å². The van der Waals surface area contributed by atoms with E-state index in [1.165, 1.54) is 19.3 Å². The van der Waals surface area contributed by atoms with Gasteiger partial charge < -0.3 is 9.80 Å². The van der Waals surface area contributed by atoms with Crippen LogP contribution in [0.5, 0.6) is 0 Å². The van der Waals surface area contributed by atoms with Crippen LogP contribution in [0.1, 0.15) is 35.3 Å². The van der Waals surface area contributed by atoms with Crippen LogP contribution in [0.25, 0.3) is 0 Å². The third-order valence-corrected chi connectivity index (χ3v) is 4.38. The smallest absolute Gasteiger partial charge is 0.274 e. The predicted octanol–water partition coefficient (Wildman–Crippen LogP) is 2.18. The van der Waals surface area contributed by atoms with E-state index in [1.807, 2.05) is 18.2 Å². The Bertz CT molecular complexity index is 653. The standard InChI is InChI=1S/C18H23N5O/c1-22(14-9-15-7-10-19-11-8-15)18(24)16-5-6-17(21-20-16)23-12-3-2-4-13-23/h5-8,10-11H,2-4,9,12-14H2,1H3. The van der Waals surface area contributed by atoms with Gasteiger partial charge in [-0.25, -0.2) is 0 Å². The maximum Gasteiger partial charge on any atom is 0.274 e. The summed E-state index contributed by atoms with van der Waals surface area (Å²) in [5, 5.41) is 8.38. The fraction of sp³-hybridized carbons (Fsp3) is 0.444. The number of carbonyl (C=O) groups is 1. The molecule has 1 saturated heterocycles. The number of rotatable bonds is 5. The summed E-state index contributed by atoms with van der Waals surface area (Å²) >= 11 is 0. The highest BCUT2D eigenvalue weighted by molar-refractivity contribution is 5.92. The summed E-state index contributed by atoms with van der Waals surface area (Å²) in [6.07, 6.45) is 8.00. The molecule has 6 heteroatoms. The Labute approximate surface area is 142 Å². The highest BCUT2D eigenvalue weighted by Crippen LogP contribution is 2.16. The molecule has 0 aliphatic carbocycles. The molecule has 126 valence electrons. The van der Waals surface area contributed by atoms with Crippen molar-refractivity contribution in [3.05, 3.63) is 47.9 Å². The first-order valence-electron chi connectivity index (χ1n) is 8.47. The zero-order chi connectivity index (χ0) is 16.8. The quantitative estimate of drug-likeness (QED) is 0.843. The number of anilines is 1. The molecule has 0 saturated carbocycles. The lowest BCUT2D eigenvalue weighted by Crippen LogP contribution is -2.32. The van der Waals surface area contributed by atoms with Crippen LogP contribution in [0.2, 0.25) is 0 Å². The van der Waals surface area contributed by atoms with E-state index in [2.05, 4.69) is 20.1 Å². The van der Waals surface area contributed by atoms with Crippen LogP contribution in [0, 0.1) is 0 Å². The van der Waals surface area contributed by atoms with Gasteiger partial charge in [0.25, 0.3) is 5.91 Å². The normalized spacial score (nSPS) is 14.5. The van der Waals surface area contributed by atoms with Gasteiger partial charge in [-0.05, 0) is 55.5 Å². The number of amides is 1. The second-order valence-corrected chi connectivity index (χ2v) is 6.16. The number of nitrogens with zero attached hydrogens (tertiary/aromatic N) is 5. The summed E-state index contributed by atoms with van der Waals surface area (Å²) in [6, 6.07) is 7.61. The Morgan fingerprint density at radius 1 is 1.08 bits per heavy atom. The first kappa shape index (κ1) is 16.4. The molecule has 1 aliphatic heterocycles. The number of likely N-dealkylation sites (N-methyl/N-ethyl adjacent to an activating group) is 1. The van der Waals surface area contributed by atoms with Crippen molar-refractivity contribution in [2.75, 3.05) is 31.6 Å². The SMILES string of the molecule is CN(CCc1ccncc1)C(=O)c1ccc(N2CCCCC2)nn1. The van der Waals surface area contributed by atoms with E-state index in [4.69, 9.17) is 0 Å². The number of aromatic nitrogens is 3. The number of pyridine rings is 1. The van der Waals surface area contributed by atoms with Crippen molar-refractivity contribution < 1.29 is 4.79 Å². The fourth-order valence-electron chi connectivity index (χ4n) is 2.87. The maximum atomic E-state index is 12.5. The summed E-state index contributed by atoms with van der Waals surface area (Å²) in [5.41, 5.74) is 1.56. The number of hydrogen-bond donors (Lipinski definition) is 0. The lowest BCUT2D eigenvalue weighted by molar-refractivity contribution is 0.0789. The Kier molecular flexibility index (Phi) is 5.36. The van der Waals surface area contributed by atoms with Crippen LogP contribution in [-0.2, 0) is 6.42 Å². The molecule has 0 aromatic carbocycles. The van der Waals surface area contributed by atoms with Crippen LogP contribution < -0.4 is 4.90 Å². The van der Waals surface area contributed by atoms with E-state index in [1.54, 1.807) is 30.4 Å². The second kappa shape index (κ2) is 7.86. The van der Waals surface area contributed by atoms with E-state index in [0.717, 1.165) is 30.9 Å². The Hall–Kier alpha value is -2.50. The monoisotopic (exact) mass is 325 g/mol. The van der Waals surface area contributed by atoms with Crippen molar-refractivity contribution in [1.29, 1.82) is 0 Å². The molecule has 0 N–H and O–H groups in total. The minimum absolute atomic E-state index is 0.0956. The van der Waals surface area contributed by atoms with Crippen LogP contribution in [0.3, 0.4) is 0 Å². The van der Waals surface area contributed by atoms with Gasteiger partial charge in [0.1, 0.15) is 0 Å². The lowest BCUT2D eigenvalue weighted by atomic mass is 10.1. The summed E-state index contributed by atoms with van der Waals surface area (Å²) in [7, 11) is 1.80. The van der Waals surface area contributed by atoms with Gasteiger partial charge in [0.2, 0.25) is 0 Å². The summed E-state index contributed by atoms with van der Waals surface area (Å²) < 4.78 is 0.